The molecule has 0 aliphatic heterocycles. The third kappa shape index (κ3) is 4.39. The van der Waals surface area contributed by atoms with Crippen molar-refractivity contribution in [3.63, 3.8) is 0 Å². The van der Waals surface area contributed by atoms with Crippen LogP contribution in [-0.2, 0) is 4.79 Å². The summed E-state index contributed by atoms with van der Waals surface area (Å²) in [6.07, 6.45) is 6.03. The lowest BCUT2D eigenvalue weighted by molar-refractivity contribution is -0.121. The predicted octanol–water partition coefficient (Wildman–Crippen LogP) is 2.69. The lowest BCUT2D eigenvalue weighted by atomic mass is 9.95. The van der Waals surface area contributed by atoms with E-state index in [1.807, 2.05) is 26.0 Å². The Balaban J connectivity index is 1.70. The molecule has 1 saturated carbocycles. The number of furan rings is 1. The van der Waals surface area contributed by atoms with Crippen LogP contribution in [0, 0.1) is 6.92 Å². The molecular weight excluding hydrogens is 240 g/mol. The first-order valence-corrected chi connectivity index (χ1v) is 7.24. The number of rotatable bonds is 5. The second kappa shape index (κ2) is 6.75. The number of hydrogen-bond donors (Lipinski definition) is 2. The Hall–Kier alpha value is -1.29. The number of amides is 1. The van der Waals surface area contributed by atoms with Gasteiger partial charge in [-0.3, -0.25) is 10.1 Å². The summed E-state index contributed by atoms with van der Waals surface area (Å²) >= 11 is 0. The van der Waals surface area contributed by atoms with E-state index in [0.717, 1.165) is 24.4 Å². The first kappa shape index (κ1) is 14.1. The Morgan fingerprint density at radius 2 is 2.11 bits per heavy atom. The minimum Gasteiger partial charge on any atom is -0.465 e. The average molecular weight is 264 g/mol. The van der Waals surface area contributed by atoms with Crippen molar-refractivity contribution in [3.05, 3.63) is 23.7 Å². The van der Waals surface area contributed by atoms with Gasteiger partial charge in [-0.2, -0.15) is 0 Å². The molecule has 1 fully saturated rings. The maximum Gasteiger partial charge on any atom is 0.234 e. The zero-order valence-electron chi connectivity index (χ0n) is 11.9. The molecule has 1 atom stereocenters. The molecule has 0 radical (unpaired) electrons. The Labute approximate surface area is 114 Å². The molecule has 1 amide bonds. The van der Waals surface area contributed by atoms with Crippen LogP contribution in [0.1, 0.15) is 56.6 Å². The SMILES string of the molecule is Cc1ccc(C(C)NCC(=O)NC2CCCCC2)o1. The lowest BCUT2D eigenvalue weighted by Gasteiger charge is -2.23. The summed E-state index contributed by atoms with van der Waals surface area (Å²) in [5.41, 5.74) is 0. The average Bonchev–Trinajstić information content (AvgIpc) is 2.84. The van der Waals surface area contributed by atoms with Gasteiger partial charge < -0.3 is 9.73 Å². The summed E-state index contributed by atoms with van der Waals surface area (Å²) in [5, 5.41) is 6.29. The minimum atomic E-state index is 0.0609. The van der Waals surface area contributed by atoms with Crippen LogP contribution >= 0.6 is 0 Å². The highest BCUT2D eigenvalue weighted by Crippen LogP contribution is 2.17. The minimum absolute atomic E-state index is 0.0609. The van der Waals surface area contributed by atoms with Crippen molar-refractivity contribution >= 4 is 5.91 Å². The highest BCUT2D eigenvalue weighted by molar-refractivity contribution is 5.78. The predicted molar refractivity (Wildman–Crippen MR) is 74.9 cm³/mol. The molecule has 106 valence electrons. The standard InChI is InChI=1S/C15H24N2O2/c1-11-8-9-14(19-11)12(2)16-10-15(18)17-13-6-4-3-5-7-13/h8-9,12-13,16H,3-7,10H2,1-2H3,(H,17,18). The van der Waals surface area contributed by atoms with Gasteiger partial charge in [-0.15, -0.1) is 0 Å². The number of carbonyl (C=O) groups excluding carboxylic acids is 1. The fraction of sp³-hybridized carbons (Fsp3) is 0.667. The quantitative estimate of drug-likeness (QED) is 0.859. The van der Waals surface area contributed by atoms with Crippen LogP contribution in [0.25, 0.3) is 0 Å². The lowest BCUT2D eigenvalue weighted by Crippen LogP contribution is -2.41. The summed E-state index contributed by atoms with van der Waals surface area (Å²) in [6.45, 7) is 4.27. The van der Waals surface area contributed by atoms with Gasteiger partial charge in [0, 0.05) is 6.04 Å². The molecule has 2 N–H and O–H groups in total. The van der Waals surface area contributed by atoms with Gasteiger partial charge in [0.25, 0.3) is 0 Å². The fourth-order valence-corrected chi connectivity index (χ4v) is 2.56. The highest BCUT2D eigenvalue weighted by Gasteiger charge is 2.16. The maximum atomic E-state index is 11.8. The molecule has 4 nitrogen and oxygen atoms in total. The zero-order valence-corrected chi connectivity index (χ0v) is 11.9. The Morgan fingerprint density at radius 3 is 2.74 bits per heavy atom. The molecule has 1 unspecified atom stereocenters. The largest absolute Gasteiger partial charge is 0.465 e. The Morgan fingerprint density at radius 1 is 1.37 bits per heavy atom. The summed E-state index contributed by atoms with van der Waals surface area (Å²) in [7, 11) is 0. The zero-order chi connectivity index (χ0) is 13.7. The monoisotopic (exact) mass is 264 g/mol. The molecule has 1 aromatic heterocycles. The van der Waals surface area contributed by atoms with Crippen molar-refractivity contribution in [3.8, 4) is 0 Å². The molecule has 0 aromatic carbocycles. The van der Waals surface area contributed by atoms with Crippen molar-refractivity contribution in [1.82, 2.24) is 10.6 Å². The van der Waals surface area contributed by atoms with E-state index in [4.69, 9.17) is 4.42 Å². The third-order valence-electron chi connectivity index (χ3n) is 3.73. The summed E-state index contributed by atoms with van der Waals surface area (Å²) in [5.74, 6) is 1.86. The van der Waals surface area contributed by atoms with E-state index in [2.05, 4.69) is 10.6 Å². The van der Waals surface area contributed by atoms with Crippen molar-refractivity contribution in [2.45, 2.75) is 58.0 Å². The molecule has 1 aliphatic carbocycles. The molecule has 19 heavy (non-hydrogen) atoms. The molecule has 1 heterocycles. The second-order valence-electron chi connectivity index (χ2n) is 5.45. The van der Waals surface area contributed by atoms with Crippen LogP contribution in [0.15, 0.2) is 16.5 Å². The maximum absolute atomic E-state index is 11.8. The van der Waals surface area contributed by atoms with Gasteiger partial charge in [0.2, 0.25) is 5.91 Å². The van der Waals surface area contributed by atoms with Crippen LogP contribution in [-0.4, -0.2) is 18.5 Å². The highest BCUT2D eigenvalue weighted by atomic mass is 16.3. The van der Waals surface area contributed by atoms with E-state index in [-0.39, 0.29) is 11.9 Å². The molecule has 0 saturated heterocycles. The van der Waals surface area contributed by atoms with Gasteiger partial charge in [-0.05, 0) is 38.8 Å². The van der Waals surface area contributed by atoms with Gasteiger partial charge in [0.05, 0.1) is 12.6 Å². The molecular formula is C15H24N2O2. The molecule has 1 aliphatic rings. The molecule has 0 spiro atoms. The van der Waals surface area contributed by atoms with Crippen molar-refractivity contribution < 1.29 is 9.21 Å². The van der Waals surface area contributed by atoms with Gasteiger partial charge in [0.15, 0.2) is 0 Å². The number of nitrogens with one attached hydrogen (secondary N) is 2. The normalized spacial score (nSPS) is 18.2. The smallest absolute Gasteiger partial charge is 0.234 e. The van der Waals surface area contributed by atoms with Crippen molar-refractivity contribution in [2.75, 3.05) is 6.54 Å². The van der Waals surface area contributed by atoms with Crippen LogP contribution in [0.4, 0.5) is 0 Å². The van der Waals surface area contributed by atoms with Gasteiger partial charge in [-0.25, -0.2) is 0 Å². The summed E-state index contributed by atoms with van der Waals surface area (Å²) < 4.78 is 5.53. The van der Waals surface area contributed by atoms with E-state index < -0.39 is 0 Å². The Bertz CT molecular complexity index is 408. The molecule has 1 aromatic rings. The van der Waals surface area contributed by atoms with Gasteiger partial charge in [-0.1, -0.05) is 19.3 Å². The number of hydrogen-bond acceptors (Lipinski definition) is 3. The number of aryl methyl sites for hydroxylation is 1. The fourth-order valence-electron chi connectivity index (χ4n) is 2.56. The third-order valence-corrected chi connectivity index (χ3v) is 3.73. The summed E-state index contributed by atoms with van der Waals surface area (Å²) in [6, 6.07) is 4.33. The van der Waals surface area contributed by atoms with Crippen molar-refractivity contribution in [1.29, 1.82) is 0 Å². The van der Waals surface area contributed by atoms with E-state index in [9.17, 15) is 4.79 Å². The molecule has 2 rings (SSSR count). The van der Waals surface area contributed by atoms with E-state index in [1.165, 1.54) is 19.3 Å². The molecule has 4 heteroatoms. The van der Waals surface area contributed by atoms with Gasteiger partial charge in [0.1, 0.15) is 11.5 Å². The first-order chi connectivity index (χ1) is 9.15. The van der Waals surface area contributed by atoms with Crippen LogP contribution < -0.4 is 10.6 Å². The van der Waals surface area contributed by atoms with Gasteiger partial charge >= 0.3 is 0 Å². The van der Waals surface area contributed by atoms with Crippen LogP contribution in [0.3, 0.4) is 0 Å². The summed E-state index contributed by atoms with van der Waals surface area (Å²) in [4.78, 5) is 11.8. The van der Waals surface area contributed by atoms with Crippen LogP contribution in [0.2, 0.25) is 0 Å². The second-order valence-corrected chi connectivity index (χ2v) is 5.45. The topological polar surface area (TPSA) is 54.3 Å². The van der Waals surface area contributed by atoms with Crippen LogP contribution in [0.5, 0.6) is 0 Å². The Kier molecular flexibility index (Phi) is 5.02. The first-order valence-electron chi connectivity index (χ1n) is 7.24. The molecule has 0 bridgehead atoms. The van der Waals surface area contributed by atoms with E-state index in [1.54, 1.807) is 0 Å². The van der Waals surface area contributed by atoms with E-state index >= 15 is 0 Å². The van der Waals surface area contributed by atoms with E-state index in [0.29, 0.717) is 12.6 Å². The number of carbonyl (C=O) groups is 1. The van der Waals surface area contributed by atoms with Crippen molar-refractivity contribution in [2.24, 2.45) is 0 Å².